The molecule has 67 valence electrons. The van der Waals surface area contributed by atoms with Crippen LogP contribution in [0.5, 0.6) is 0 Å². The minimum atomic E-state index is -1.11. The molecule has 0 saturated heterocycles. The number of hydrazine groups is 2. The monoisotopic (exact) mass is 197 g/mol. The number of amides is 1. The number of nitrogens with one attached hydrogen (secondary N) is 1. The summed E-state index contributed by atoms with van der Waals surface area (Å²) in [6.07, 6.45) is 3.36. The fourth-order valence-electron chi connectivity index (χ4n) is 0.964. The lowest BCUT2D eigenvalue weighted by Crippen LogP contribution is -2.41. The molecule has 2 aliphatic heterocycles. The number of allylic oxidation sites excluding steroid dienone is 1. The van der Waals surface area contributed by atoms with Crippen LogP contribution in [-0.2, 0) is 0 Å². The number of hydrogen-bond donors (Lipinski definition) is 2. The lowest BCUT2D eigenvalue weighted by molar-refractivity contribution is 0.119. The molecule has 1 amide bonds. The minimum Gasteiger partial charge on any atom is -0.464 e. The Bertz CT molecular complexity index is 349. The Hall–Kier alpha value is -1.60. The van der Waals surface area contributed by atoms with Crippen molar-refractivity contribution in [1.29, 1.82) is 0 Å². The molecule has 2 N–H and O–H groups in total. The van der Waals surface area contributed by atoms with Crippen LogP contribution >= 0.6 is 12.6 Å². The summed E-state index contributed by atoms with van der Waals surface area (Å²) in [5.41, 5.74) is 2.53. The second-order valence-corrected chi connectivity index (χ2v) is 2.78. The molecule has 0 aromatic heterocycles. The van der Waals surface area contributed by atoms with Gasteiger partial charge in [-0.05, 0) is 6.08 Å². The normalized spacial score (nSPS) is 19.7. The third kappa shape index (κ3) is 1.23. The van der Waals surface area contributed by atoms with E-state index < -0.39 is 6.09 Å². The highest BCUT2D eigenvalue weighted by molar-refractivity contribution is 7.84. The zero-order valence-corrected chi connectivity index (χ0v) is 7.15. The van der Waals surface area contributed by atoms with Gasteiger partial charge >= 0.3 is 6.09 Å². The predicted molar refractivity (Wildman–Crippen MR) is 47.1 cm³/mol. The molecule has 6 nitrogen and oxygen atoms in total. The number of hydrogen-bond acceptors (Lipinski definition) is 4. The second-order valence-electron chi connectivity index (χ2n) is 2.36. The van der Waals surface area contributed by atoms with Gasteiger partial charge in [0.15, 0.2) is 5.82 Å². The molecule has 13 heavy (non-hydrogen) atoms. The van der Waals surface area contributed by atoms with Gasteiger partial charge in [-0.2, -0.15) is 5.01 Å². The van der Waals surface area contributed by atoms with Crippen molar-refractivity contribution in [3.63, 3.8) is 0 Å². The number of rotatable bonds is 0. The molecule has 0 spiro atoms. The van der Waals surface area contributed by atoms with E-state index in [1.807, 2.05) is 0 Å². The first-order chi connectivity index (χ1) is 6.18. The molecule has 2 rings (SSSR count). The van der Waals surface area contributed by atoms with Gasteiger partial charge in [0.2, 0.25) is 0 Å². The van der Waals surface area contributed by atoms with Crippen molar-refractivity contribution in [2.24, 2.45) is 4.99 Å². The van der Waals surface area contributed by atoms with Crippen molar-refractivity contribution in [2.75, 3.05) is 0 Å². The largest absolute Gasteiger partial charge is 0.464 e. The zero-order valence-electron chi connectivity index (χ0n) is 6.34. The van der Waals surface area contributed by atoms with E-state index in [4.69, 9.17) is 17.7 Å². The van der Waals surface area contributed by atoms with E-state index in [1.165, 1.54) is 17.4 Å². The molecule has 0 saturated carbocycles. The van der Waals surface area contributed by atoms with Crippen molar-refractivity contribution in [3.8, 4) is 0 Å². The van der Waals surface area contributed by atoms with Gasteiger partial charge in [-0.25, -0.2) is 14.8 Å². The van der Waals surface area contributed by atoms with E-state index in [9.17, 15) is 4.79 Å². The Morgan fingerprint density at radius 3 is 3.08 bits per heavy atom. The smallest absolute Gasteiger partial charge is 0.427 e. The number of carboxylic acid groups (broad SMARTS) is 1. The van der Waals surface area contributed by atoms with E-state index in [1.54, 1.807) is 6.08 Å². The summed E-state index contributed by atoms with van der Waals surface area (Å²) in [6, 6.07) is 0. The molecule has 1 radical (unpaired) electrons. The molecule has 0 aromatic carbocycles. The van der Waals surface area contributed by atoms with Gasteiger partial charge in [-0.1, -0.05) is 12.6 Å². The van der Waals surface area contributed by atoms with Crippen molar-refractivity contribution in [2.45, 2.75) is 0 Å². The Labute approximate surface area is 79.2 Å². The Morgan fingerprint density at radius 2 is 2.46 bits per heavy atom. The first kappa shape index (κ1) is 8.02. The first-order valence-corrected chi connectivity index (χ1v) is 3.81. The highest BCUT2D eigenvalue weighted by Gasteiger charge is 2.27. The van der Waals surface area contributed by atoms with Gasteiger partial charge in [0, 0.05) is 6.21 Å². The number of nitrogens with zero attached hydrogens (tertiary/aromatic N) is 3. The van der Waals surface area contributed by atoms with Crippen molar-refractivity contribution >= 4 is 24.9 Å². The fourth-order valence-corrected chi connectivity index (χ4v) is 1.16. The lowest BCUT2D eigenvalue weighted by atomic mass is 10.5. The van der Waals surface area contributed by atoms with E-state index in [2.05, 4.69) is 10.5 Å². The SMILES string of the molecule is O=C(O)N1C=C2N=CC=C([S])N2N1. The average molecular weight is 197 g/mol. The highest BCUT2D eigenvalue weighted by atomic mass is 32.1. The van der Waals surface area contributed by atoms with Crippen LogP contribution in [-0.4, -0.2) is 27.4 Å². The molecule has 0 atom stereocenters. The molecule has 0 bridgehead atoms. The summed E-state index contributed by atoms with van der Waals surface area (Å²) in [5.74, 6) is 0.468. The third-order valence-electron chi connectivity index (χ3n) is 1.53. The molecule has 0 fully saturated rings. The second kappa shape index (κ2) is 2.71. The summed E-state index contributed by atoms with van der Waals surface area (Å²) in [5, 5.41) is 11.4. The molecule has 2 heterocycles. The molecule has 0 aromatic rings. The van der Waals surface area contributed by atoms with E-state index in [-0.39, 0.29) is 0 Å². The molecule has 0 unspecified atom stereocenters. The maximum Gasteiger partial charge on any atom is 0.427 e. The van der Waals surface area contributed by atoms with Crippen LogP contribution in [0, 0.1) is 0 Å². The van der Waals surface area contributed by atoms with Crippen LogP contribution in [0.2, 0.25) is 0 Å². The zero-order chi connectivity index (χ0) is 9.42. The van der Waals surface area contributed by atoms with E-state index in [0.717, 1.165) is 5.01 Å². The molecule has 0 aliphatic carbocycles. The van der Waals surface area contributed by atoms with Gasteiger partial charge in [0.05, 0.1) is 6.20 Å². The minimum absolute atomic E-state index is 0.468. The van der Waals surface area contributed by atoms with Gasteiger partial charge < -0.3 is 5.11 Å². The highest BCUT2D eigenvalue weighted by Crippen LogP contribution is 2.22. The van der Waals surface area contributed by atoms with Crippen LogP contribution in [0.4, 0.5) is 4.79 Å². The maximum atomic E-state index is 10.5. The van der Waals surface area contributed by atoms with Crippen LogP contribution in [0.15, 0.2) is 28.1 Å². The quantitative estimate of drug-likeness (QED) is 0.597. The summed E-state index contributed by atoms with van der Waals surface area (Å²) >= 11 is 4.94. The van der Waals surface area contributed by atoms with Gasteiger partial charge in [-0.15, -0.1) is 5.53 Å². The number of aliphatic imine (C=N–C) groups is 1. The standard InChI is InChI=1S/C6H5N4O2S/c11-6(12)9-3-4-7-2-1-5(13)10(4)8-9/h1-3,8H,(H,11,12). The Kier molecular flexibility index (Phi) is 1.67. The molecular weight excluding hydrogens is 192 g/mol. The summed E-state index contributed by atoms with van der Waals surface area (Å²) in [4.78, 5) is 14.5. The Balaban J connectivity index is 2.27. The summed E-state index contributed by atoms with van der Waals surface area (Å²) in [6.45, 7) is 0. The summed E-state index contributed by atoms with van der Waals surface area (Å²) < 4.78 is 0. The van der Waals surface area contributed by atoms with E-state index >= 15 is 0 Å². The number of fused-ring (bicyclic) bond motifs is 1. The van der Waals surface area contributed by atoms with Gasteiger partial charge in [0.1, 0.15) is 5.03 Å². The van der Waals surface area contributed by atoms with Gasteiger partial charge in [0.25, 0.3) is 0 Å². The average Bonchev–Trinajstić information content (AvgIpc) is 2.49. The van der Waals surface area contributed by atoms with Crippen LogP contribution in [0.25, 0.3) is 0 Å². The fraction of sp³-hybridized carbons (Fsp3) is 0. The van der Waals surface area contributed by atoms with Crippen molar-refractivity contribution < 1.29 is 9.90 Å². The number of carbonyl (C=O) groups is 1. The third-order valence-corrected chi connectivity index (χ3v) is 1.85. The van der Waals surface area contributed by atoms with Crippen LogP contribution < -0.4 is 5.53 Å². The topological polar surface area (TPSA) is 68.2 Å². The van der Waals surface area contributed by atoms with Crippen molar-refractivity contribution in [3.05, 3.63) is 23.1 Å². The Morgan fingerprint density at radius 1 is 1.69 bits per heavy atom. The molecule has 2 aliphatic rings. The van der Waals surface area contributed by atoms with Crippen molar-refractivity contribution in [1.82, 2.24) is 15.6 Å². The maximum absolute atomic E-state index is 10.5. The predicted octanol–water partition coefficient (Wildman–Crippen LogP) is 0.624. The first-order valence-electron chi connectivity index (χ1n) is 3.40. The molecular formula is C6H5N4O2S. The van der Waals surface area contributed by atoms with Gasteiger partial charge in [-0.3, -0.25) is 0 Å². The lowest BCUT2D eigenvalue weighted by Gasteiger charge is -2.21. The van der Waals surface area contributed by atoms with Crippen LogP contribution in [0.1, 0.15) is 0 Å². The van der Waals surface area contributed by atoms with Crippen LogP contribution in [0.3, 0.4) is 0 Å². The molecule has 7 heteroatoms. The van der Waals surface area contributed by atoms with E-state index in [0.29, 0.717) is 10.9 Å². The summed E-state index contributed by atoms with van der Waals surface area (Å²) in [7, 11) is 0.